The standard InChI is InChI=1S/C12H19F3N2O2/c13-12(14,15)9-19-11(18)17-7-3-10(4-8-17)16-5-1-2-6-16/h10H,1-9H2. The molecule has 2 heterocycles. The maximum Gasteiger partial charge on any atom is 0.422 e. The number of rotatable bonds is 2. The lowest BCUT2D eigenvalue weighted by Crippen LogP contribution is -2.46. The van der Waals surface area contributed by atoms with Gasteiger partial charge in [-0.3, -0.25) is 0 Å². The Morgan fingerprint density at radius 3 is 2.21 bits per heavy atom. The molecule has 0 aromatic heterocycles. The number of hydrogen-bond donors (Lipinski definition) is 0. The molecule has 2 fully saturated rings. The molecule has 4 nitrogen and oxygen atoms in total. The van der Waals surface area contributed by atoms with Gasteiger partial charge in [-0.05, 0) is 38.8 Å². The average molecular weight is 280 g/mol. The van der Waals surface area contributed by atoms with Crippen molar-refractivity contribution in [3.05, 3.63) is 0 Å². The number of carbonyl (C=O) groups excluding carboxylic acids is 1. The largest absolute Gasteiger partial charge is 0.440 e. The first-order valence-corrected chi connectivity index (χ1v) is 6.68. The fourth-order valence-corrected chi connectivity index (χ4v) is 2.76. The number of amides is 1. The molecule has 2 aliphatic heterocycles. The summed E-state index contributed by atoms with van der Waals surface area (Å²) in [7, 11) is 0. The van der Waals surface area contributed by atoms with Crippen molar-refractivity contribution in [2.24, 2.45) is 0 Å². The van der Waals surface area contributed by atoms with Gasteiger partial charge in [0, 0.05) is 19.1 Å². The van der Waals surface area contributed by atoms with Gasteiger partial charge < -0.3 is 14.5 Å². The van der Waals surface area contributed by atoms with Crippen LogP contribution in [-0.2, 0) is 4.74 Å². The fourth-order valence-electron chi connectivity index (χ4n) is 2.76. The van der Waals surface area contributed by atoms with Crippen molar-refractivity contribution in [2.45, 2.75) is 37.9 Å². The number of likely N-dealkylation sites (tertiary alicyclic amines) is 2. The van der Waals surface area contributed by atoms with Crippen LogP contribution in [0.4, 0.5) is 18.0 Å². The molecule has 110 valence electrons. The summed E-state index contributed by atoms with van der Waals surface area (Å²) in [6.45, 7) is 1.67. The maximum absolute atomic E-state index is 11.9. The molecule has 0 aromatic rings. The van der Waals surface area contributed by atoms with Gasteiger partial charge in [0.1, 0.15) is 0 Å². The zero-order valence-corrected chi connectivity index (χ0v) is 10.8. The van der Waals surface area contributed by atoms with E-state index in [9.17, 15) is 18.0 Å². The lowest BCUT2D eigenvalue weighted by Gasteiger charge is -2.36. The first-order valence-electron chi connectivity index (χ1n) is 6.68. The second-order valence-corrected chi connectivity index (χ2v) is 5.13. The summed E-state index contributed by atoms with van der Waals surface area (Å²) >= 11 is 0. The molecule has 0 bridgehead atoms. The summed E-state index contributed by atoms with van der Waals surface area (Å²) in [5.41, 5.74) is 0. The summed E-state index contributed by atoms with van der Waals surface area (Å²) < 4.78 is 40.1. The van der Waals surface area contributed by atoms with Gasteiger partial charge in [-0.15, -0.1) is 0 Å². The third-order valence-corrected chi connectivity index (χ3v) is 3.74. The summed E-state index contributed by atoms with van der Waals surface area (Å²) in [5, 5.41) is 0. The molecule has 0 spiro atoms. The second kappa shape index (κ2) is 5.98. The van der Waals surface area contributed by atoms with Crippen molar-refractivity contribution in [2.75, 3.05) is 32.8 Å². The number of piperidine rings is 1. The van der Waals surface area contributed by atoms with Crippen molar-refractivity contribution in [1.82, 2.24) is 9.80 Å². The van der Waals surface area contributed by atoms with E-state index in [-0.39, 0.29) is 0 Å². The van der Waals surface area contributed by atoms with E-state index in [1.54, 1.807) is 0 Å². The van der Waals surface area contributed by atoms with Crippen LogP contribution in [0.5, 0.6) is 0 Å². The molecule has 0 saturated carbocycles. The van der Waals surface area contributed by atoms with Gasteiger partial charge in [0.25, 0.3) is 0 Å². The molecule has 0 aliphatic carbocycles. The van der Waals surface area contributed by atoms with Crippen LogP contribution in [0.25, 0.3) is 0 Å². The van der Waals surface area contributed by atoms with Crippen molar-refractivity contribution >= 4 is 6.09 Å². The third kappa shape index (κ3) is 4.26. The fraction of sp³-hybridized carbons (Fsp3) is 0.917. The molecule has 0 unspecified atom stereocenters. The Kier molecular flexibility index (Phi) is 4.54. The van der Waals surface area contributed by atoms with Crippen LogP contribution in [0.15, 0.2) is 0 Å². The predicted molar refractivity (Wildman–Crippen MR) is 62.8 cm³/mol. The van der Waals surface area contributed by atoms with Crippen LogP contribution in [0.3, 0.4) is 0 Å². The Hall–Kier alpha value is -0.980. The molecule has 0 radical (unpaired) electrons. The van der Waals surface area contributed by atoms with E-state index in [2.05, 4.69) is 9.64 Å². The molecule has 0 aromatic carbocycles. The smallest absolute Gasteiger partial charge is 0.422 e. The first kappa shape index (κ1) is 14.4. The van der Waals surface area contributed by atoms with E-state index in [0.717, 1.165) is 25.9 Å². The lowest BCUT2D eigenvalue weighted by atomic mass is 10.0. The summed E-state index contributed by atoms with van der Waals surface area (Å²) in [6, 6.07) is 0.467. The van der Waals surface area contributed by atoms with E-state index in [0.29, 0.717) is 19.1 Å². The van der Waals surface area contributed by atoms with E-state index in [4.69, 9.17) is 0 Å². The van der Waals surface area contributed by atoms with Gasteiger partial charge >= 0.3 is 12.3 Å². The number of nitrogens with zero attached hydrogens (tertiary/aromatic N) is 2. The van der Waals surface area contributed by atoms with Crippen LogP contribution < -0.4 is 0 Å². The quantitative estimate of drug-likeness (QED) is 0.777. The minimum Gasteiger partial charge on any atom is -0.440 e. The molecular formula is C12H19F3N2O2. The van der Waals surface area contributed by atoms with E-state index < -0.39 is 18.9 Å². The number of carbonyl (C=O) groups is 1. The summed E-state index contributed by atoms with van der Waals surface area (Å²) in [6.07, 6.45) is -1.23. The van der Waals surface area contributed by atoms with E-state index in [1.165, 1.54) is 17.7 Å². The number of hydrogen-bond acceptors (Lipinski definition) is 3. The number of ether oxygens (including phenoxy) is 1. The normalized spacial score (nSPS) is 22.8. The Bertz CT molecular complexity index is 309. The van der Waals surface area contributed by atoms with Gasteiger partial charge in [-0.2, -0.15) is 13.2 Å². The SMILES string of the molecule is O=C(OCC(F)(F)F)N1CCC(N2CCCC2)CC1. The van der Waals surface area contributed by atoms with Crippen LogP contribution in [0.1, 0.15) is 25.7 Å². The monoisotopic (exact) mass is 280 g/mol. The molecule has 2 saturated heterocycles. The van der Waals surface area contributed by atoms with Crippen LogP contribution in [-0.4, -0.2) is 60.9 Å². The van der Waals surface area contributed by atoms with Crippen molar-refractivity contribution in [3.8, 4) is 0 Å². The third-order valence-electron chi connectivity index (χ3n) is 3.74. The zero-order chi connectivity index (χ0) is 13.9. The Morgan fingerprint density at radius 1 is 1.11 bits per heavy atom. The van der Waals surface area contributed by atoms with Crippen molar-refractivity contribution in [3.63, 3.8) is 0 Å². The van der Waals surface area contributed by atoms with Crippen LogP contribution in [0, 0.1) is 0 Å². The topological polar surface area (TPSA) is 32.8 Å². The van der Waals surface area contributed by atoms with E-state index >= 15 is 0 Å². The minimum atomic E-state index is -4.45. The molecular weight excluding hydrogens is 261 g/mol. The molecule has 2 aliphatic rings. The molecule has 0 atom stereocenters. The van der Waals surface area contributed by atoms with Gasteiger partial charge in [-0.25, -0.2) is 4.79 Å². The van der Waals surface area contributed by atoms with Crippen LogP contribution in [0.2, 0.25) is 0 Å². The second-order valence-electron chi connectivity index (χ2n) is 5.13. The molecule has 0 N–H and O–H groups in total. The molecule has 1 amide bonds. The zero-order valence-electron chi connectivity index (χ0n) is 10.8. The summed E-state index contributed by atoms with van der Waals surface area (Å²) in [4.78, 5) is 15.3. The van der Waals surface area contributed by atoms with Gasteiger partial charge in [0.05, 0.1) is 0 Å². The Morgan fingerprint density at radius 2 is 1.68 bits per heavy atom. The van der Waals surface area contributed by atoms with Crippen molar-refractivity contribution < 1.29 is 22.7 Å². The minimum absolute atomic E-state index is 0.467. The lowest BCUT2D eigenvalue weighted by molar-refractivity contribution is -0.162. The highest BCUT2D eigenvalue weighted by atomic mass is 19.4. The number of halogens is 3. The van der Waals surface area contributed by atoms with Gasteiger partial charge in [-0.1, -0.05) is 0 Å². The summed E-state index contributed by atoms with van der Waals surface area (Å²) in [5.74, 6) is 0. The average Bonchev–Trinajstić information content (AvgIpc) is 2.89. The molecule has 2 rings (SSSR count). The Labute approximate surface area is 110 Å². The molecule has 7 heteroatoms. The maximum atomic E-state index is 11.9. The highest BCUT2D eigenvalue weighted by Crippen LogP contribution is 2.22. The van der Waals surface area contributed by atoms with Crippen molar-refractivity contribution in [1.29, 1.82) is 0 Å². The van der Waals surface area contributed by atoms with Gasteiger partial charge in [0.2, 0.25) is 0 Å². The van der Waals surface area contributed by atoms with Crippen LogP contribution >= 0.6 is 0 Å². The highest BCUT2D eigenvalue weighted by molar-refractivity contribution is 5.67. The van der Waals surface area contributed by atoms with Gasteiger partial charge in [0.15, 0.2) is 6.61 Å². The Balaban J connectivity index is 1.71. The predicted octanol–water partition coefficient (Wildman–Crippen LogP) is 2.25. The molecule has 19 heavy (non-hydrogen) atoms. The first-order chi connectivity index (χ1) is 8.96. The number of alkyl halides is 3. The highest BCUT2D eigenvalue weighted by Gasteiger charge is 2.33. The van der Waals surface area contributed by atoms with E-state index in [1.807, 2.05) is 0 Å².